The molecule has 94 valence electrons. The molecule has 2 aliphatic rings. The fourth-order valence-electron chi connectivity index (χ4n) is 2.61. The fourth-order valence-corrected chi connectivity index (χ4v) is 2.61. The molecule has 0 heterocycles. The van der Waals surface area contributed by atoms with Gasteiger partial charge in [-0.15, -0.1) is 0 Å². The van der Waals surface area contributed by atoms with Crippen LogP contribution >= 0.6 is 0 Å². The van der Waals surface area contributed by atoms with Crippen LogP contribution in [0.15, 0.2) is 17.3 Å². The molecule has 0 saturated heterocycles. The van der Waals surface area contributed by atoms with Crippen molar-refractivity contribution in [2.24, 2.45) is 16.9 Å². The summed E-state index contributed by atoms with van der Waals surface area (Å²) in [4.78, 5) is 11.8. The third kappa shape index (κ3) is 3.99. The lowest BCUT2D eigenvalue weighted by Crippen LogP contribution is -2.28. The highest BCUT2D eigenvalue weighted by Crippen LogP contribution is 2.23. The quantitative estimate of drug-likeness (QED) is 0.455. The molecule has 0 aromatic carbocycles. The topological polar surface area (TPSA) is 41.5 Å². The first-order chi connectivity index (χ1) is 8.36. The van der Waals surface area contributed by atoms with Crippen LogP contribution in [0.25, 0.3) is 0 Å². The Labute approximate surface area is 103 Å². The van der Waals surface area contributed by atoms with Gasteiger partial charge in [0.05, 0.1) is 0 Å². The lowest BCUT2D eigenvalue weighted by Gasteiger charge is -2.19. The maximum absolute atomic E-state index is 11.8. The molecule has 0 radical (unpaired) electrons. The number of amides is 1. The van der Waals surface area contributed by atoms with Crippen LogP contribution in [0.4, 0.5) is 0 Å². The van der Waals surface area contributed by atoms with Crippen molar-refractivity contribution in [3.8, 4) is 0 Å². The van der Waals surface area contributed by atoms with Crippen molar-refractivity contribution in [3.05, 3.63) is 12.2 Å². The molecular weight excluding hydrogens is 212 g/mol. The van der Waals surface area contributed by atoms with E-state index in [1.54, 1.807) is 0 Å². The van der Waals surface area contributed by atoms with Crippen molar-refractivity contribution in [3.63, 3.8) is 0 Å². The molecule has 0 aromatic rings. The molecule has 0 spiro atoms. The predicted molar refractivity (Wildman–Crippen MR) is 69.7 cm³/mol. The van der Waals surface area contributed by atoms with Crippen molar-refractivity contribution in [2.75, 3.05) is 0 Å². The van der Waals surface area contributed by atoms with Crippen LogP contribution in [0.5, 0.6) is 0 Å². The van der Waals surface area contributed by atoms with E-state index in [1.165, 1.54) is 19.3 Å². The number of nitrogens with one attached hydrogen (secondary N) is 1. The van der Waals surface area contributed by atoms with E-state index in [9.17, 15) is 4.79 Å². The Morgan fingerprint density at radius 1 is 1.18 bits per heavy atom. The van der Waals surface area contributed by atoms with Gasteiger partial charge >= 0.3 is 0 Å². The van der Waals surface area contributed by atoms with Crippen LogP contribution in [0.2, 0.25) is 0 Å². The van der Waals surface area contributed by atoms with Gasteiger partial charge in [-0.2, -0.15) is 5.10 Å². The zero-order valence-corrected chi connectivity index (χ0v) is 10.4. The Bertz CT molecular complexity index is 303. The largest absolute Gasteiger partial charge is 0.273 e. The first kappa shape index (κ1) is 12.3. The van der Waals surface area contributed by atoms with Crippen LogP contribution in [0.3, 0.4) is 0 Å². The number of carbonyl (C=O) groups excluding carboxylic acids is 1. The van der Waals surface area contributed by atoms with Crippen molar-refractivity contribution in [1.82, 2.24) is 5.43 Å². The summed E-state index contributed by atoms with van der Waals surface area (Å²) in [6, 6.07) is 0. The monoisotopic (exact) mass is 234 g/mol. The highest BCUT2D eigenvalue weighted by atomic mass is 16.2. The number of carbonyl (C=O) groups is 1. The van der Waals surface area contributed by atoms with Crippen molar-refractivity contribution in [2.45, 2.75) is 51.4 Å². The number of hydrazone groups is 1. The number of hydrogen-bond acceptors (Lipinski definition) is 2. The van der Waals surface area contributed by atoms with E-state index >= 15 is 0 Å². The molecule has 0 unspecified atom stereocenters. The van der Waals surface area contributed by atoms with E-state index in [0.29, 0.717) is 5.92 Å². The van der Waals surface area contributed by atoms with E-state index in [1.807, 2.05) is 6.21 Å². The molecule has 1 N–H and O–H groups in total. The zero-order valence-electron chi connectivity index (χ0n) is 10.4. The number of allylic oxidation sites excluding steroid dienone is 2. The van der Waals surface area contributed by atoms with Gasteiger partial charge in [-0.3, -0.25) is 4.79 Å². The van der Waals surface area contributed by atoms with Crippen molar-refractivity contribution in [1.29, 1.82) is 0 Å². The third-order valence-electron chi connectivity index (χ3n) is 3.75. The minimum absolute atomic E-state index is 0.118. The van der Waals surface area contributed by atoms with Gasteiger partial charge in [-0.05, 0) is 38.0 Å². The van der Waals surface area contributed by atoms with Gasteiger partial charge in [0.25, 0.3) is 0 Å². The minimum atomic E-state index is 0.118. The van der Waals surface area contributed by atoms with E-state index in [4.69, 9.17) is 0 Å². The zero-order chi connectivity index (χ0) is 11.9. The summed E-state index contributed by atoms with van der Waals surface area (Å²) in [5.74, 6) is 0.825. The minimum Gasteiger partial charge on any atom is -0.273 e. The molecule has 0 bridgehead atoms. The molecule has 2 rings (SSSR count). The normalized spacial score (nSPS) is 26.2. The first-order valence-corrected chi connectivity index (χ1v) is 6.84. The molecular formula is C14H22N2O. The summed E-state index contributed by atoms with van der Waals surface area (Å²) < 4.78 is 0. The SMILES string of the molecule is O=C(N/N=C\[C@@H]1CC=CCC1)C1CCCCC1. The van der Waals surface area contributed by atoms with Crippen molar-refractivity contribution >= 4 is 12.1 Å². The van der Waals surface area contributed by atoms with Gasteiger partial charge in [0.15, 0.2) is 0 Å². The standard InChI is InChI=1S/C14H22N2O/c17-14(13-9-5-2-6-10-13)16-15-11-12-7-3-1-4-8-12/h1,3,11-13H,2,4-10H2,(H,16,17)/b15-11-/t12-/m1/s1. The molecule has 1 fully saturated rings. The fraction of sp³-hybridized carbons (Fsp3) is 0.714. The predicted octanol–water partition coefficient (Wildman–Crippen LogP) is 3.03. The number of rotatable bonds is 3. The molecule has 1 amide bonds. The lowest BCUT2D eigenvalue weighted by molar-refractivity contribution is -0.125. The van der Waals surface area contributed by atoms with Gasteiger partial charge in [-0.25, -0.2) is 5.43 Å². The third-order valence-corrected chi connectivity index (χ3v) is 3.75. The highest BCUT2D eigenvalue weighted by molar-refractivity contribution is 5.79. The summed E-state index contributed by atoms with van der Waals surface area (Å²) in [5, 5.41) is 4.11. The second-order valence-corrected chi connectivity index (χ2v) is 5.13. The Kier molecular flexibility index (Phi) is 4.77. The average Bonchev–Trinajstić information content (AvgIpc) is 2.41. The molecule has 17 heavy (non-hydrogen) atoms. The molecule has 0 aromatic heterocycles. The molecule has 0 aliphatic heterocycles. The van der Waals surface area contributed by atoms with Gasteiger partial charge in [0.2, 0.25) is 5.91 Å². The van der Waals surface area contributed by atoms with Gasteiger partial charge in [-0.1, -0.05) is 31.4 Å². The summed E-state index contributed by atoms with van der Waals surface area (Å²) in [5.41, 5.74) is 2.71. The molecule has 3 nitrogen and oxygen atoms in total. The summed E-state index contributed by atoms with van der Waals surface area (Å²) in [6.07, 6.45) is 15.4. The van der Waals surface area contributed by atoms with E-state index in [2.05, 4.69) is 22.7 Å². The van der Waals surface area contributed by atoms with E-state index in [-0.39, 0.29) is 11.8 Å². The second-order valence-electron chi connectivity index (χ2n) is 5.13. The van der Waals surface area contributed by atoms with Crippen LogP contribution < -0.4 is 5.43 Å². The van der Waals surface area contributed by atoms with Crippen LogP contribution in [0.1, 0.15) is 51.4 Å². The molecule has 3 heteroatoms. The Morgan fingerprint density at radius 3 is 2.71 bits per heavy atom. The molecule has 1 atom stereocenters. The Balaban J connectivity index is 1.71. The second kappa shape index (κ2) is 6.58. The van der Waals surface area contributed by atoms with Gasteiger partial charge < -0.3 is 0 Å². The molecule has 1 saturated carbocycles. The maximum Gasteiger partial charge on any atom is 0.243 e. The van der Waals surface area contributed by atoms with Crippen LogP contribution in [-0.2, 0) is 4.79 Å². The van der Waals surface area contributed by atoms with Crippen LogP contribution in [-0.4, -0.2) is 12.1 Å². The Hall–Kier alpha value is -1.12. The number of hydrogen-bond donors (Lipinski definition) is 1. The maximum atomic E-state index is 11.8. The van der Waals surface area contributed by atoms with Gasteiger partial charge in [0, 0.05) is 12.1 Å². The summed E-state index contributed by atoms with van der Waals surface area (Å²) in [6.45, 7) is 0. The number of nitrogens with zero attached hydrogens (tertiary/aromatic N) is 1. The summed E-state index contributed by atoms with van der Waals surface area (Å²) in [7, 11) is 0. The van der Waals surface area contributed by atoms with Crippen molar-refractivity contribution < 1.29 is 4.79 Å². The van der Waals surface area contributed by atoms with E-state index in [0.717, 1.165) is 32.1 Å². The highest BCUT2D eigenvalue weighted by Gasteiger charge is 2.20. The van der Waals surface area contributed by atoms with Crippen LogP contribution in [0, 0.1) is 11.8 Å². The van der Waals surface area contributed by atoms with E-state index < -0.39 is 0 Å². The Morgan fingerprint density at radius 2 is 2.00 bits per heavy atom. The smallest absolute Gasteiger partial charge is 0.243 e. The lowest BCUT2D eigenvalue weighted by atomic mass is 9.89. The summed E-state index contributed by atoms with van der Waals surface area (Å²) >= 11 is 0. The van der Waals surface area contributed by atoms with Gasteiger partial charge in [0.1, 0.15) is 0 Å². The average molecular weight is 234 g/mol. The molecule has 2 aliphatic carbocycles. The first-order valence-electron chi connectivity index (χ1n) is 6.84.